The number of allylic oxidation sites excluding steroid dienone is 1. The molecule has 0 bridgehead atoms. The van der Waals surface area contributed by atoms with Gasteiger partial charge in [-0.3, -0.25) is 9.59 Å². The highest BCUT2D eigenvalue weighted by Gasteiger charge is 2.60. The third-order valence-corrected chi connectivity index (χ3v) is 9.37. The average Bonchev–Trinajstić information content (AvgIpc) is 3.04. The molecule has 0 spiro atoms. The number of rotatable bonds is 5. The first-order chi connectivity index (χ1) is 14.2. The van der Waals surface area contributed by atoms with E-state index in [4.69, 9.17) is 9.84 Å². The van der Waals surface area contributed by atoms with E-state index in [0.717, 1.165) is 44.9 Å². The molecule has 0 radical (unpaired) electrons. The lowest BCUT2D eigenvalue weighted by Crippen LogP contribution is -2.51. The molecule has 0 aromatic heterocycles. The van der Waals surface area contributed by atoms with E-state index >= 15 is 0 Å². The van der Waals surface area contributed by atoms with Crippen molar-refractivity contribution in [2.24, 2.45) is 34.5 Å². The van der Waals surface area contributed by atoms with Crippen molar-refractivity contribution in [1.29, 1.82) is 0 Å². The van der Waals surface area contributed by atoms with Gasteiger partial charge in [0.15, 0.2) is 5.78 Å². The van der Waals surface area contributed by atoms with Crippen molar-refractivity contribution in [3.05, 3.63) is 11.6 Å². The van der Waals surface area contributed by atoms with Crippen LogP contribution < -0.4 is 0 Å². The second-order valence-electron chi connectivity index (χ2n) is 11.0. The molecular formula is C25H38O5. The lowest BCUT2D eigenvalue weighted by molar-refractivity contribution is -0.165. The first-order valence-corrected chi connectivity index (χ1v) is 11.9. The normalized spacial score (nSPS) is 42.4. The van der Waals surface area contributed by atoms with Gasteiger partial charge < -0.3 is 14.9 Å². The zero-order valence-corrected chi connectivity index (χ0v) is 18.7. The molecule has 0 heterocycles. The fourth-order valence-electron chi connectivity index (χ4n) is 7.54. The van der Waals surface area contributed by atoms with Gasteiger partial charge in [-0.1, -0.05) is 26.3 Å². The number of aliphatic hydroxyl groups excluding tert-OH is 2. The largest absolute Gasteiger partial charge is 0.462 e. The molecule has 30 heavy (non-hydrogen) atoms. The summed E-state index contributed by atoms with van der Waals surface area (Å²) in [6.07, 6.45) is 9.37. The molecule has 2 N–H and O–H groups in total. The van der Waals surface area contributed by atoms with E-state index in [1.807, 2.05) is 6.08 Å². The summed E-state index contributed by atoms with van der Waals surface area (Å²) in [6.45, 7) is 6.16. The minimum Gasteiger partial charge on any atom is -0.462 e. The molecule has 0 saturated heterocycles. The second kappa shape index (κ2) is 8.05. The van der Waals surface area contributed by atoms with Gasteiger partial charge in [-0.25, -0.2) is 0 Å². The Morgan fingerprint density at radius 1 is 1.17 bits per heavy atom. The summed E-state index contributed by atoms with van der Waals surface area (Å²) in [5.41, 5.74) is 1.58. The molecule has 0 aromatic carbocycles. The molecule has 168 valence electrons. The van der Waals surface area contributed by atoms with Gasteiger partial charge in [0.05, 0.1) is 18.6 Å². The highest BCUT2D eigenvalue weighted by atomic mass is 16.5. The fraction of sp³-hybridized carbons (Fsp3) is 0.840. The lowest BCUT2D eigenvalue weighted by atomic mass is 9.47. The minimum absolute atomic E-state index is 0.0220. The predicted molar refractivity (Wildman–Crippen MR) is 113 cm³/mol. The number of ether oxygens (including phenoxy) is 1. The molecule has 0 amide bonds. The third kappa shape index (κ3) is 3.56. The summed E-state index contributed by atoms with van der Waals surface area (Å²) in [4.78, 5) is 24.7. The number of carbonyl (C=O) groups is 2. The molecule has 4 rings (SSSR count). The highest BCUT2D eigenvalue weighted by molar-refractivity contribution is 5.91. The molecule has 4 aliphatic carbocycles. The Morgan fingerprint density at radius 3 is 2.67 bits per heavy atom. The van der Waals surface area contributed by atoms with E-state index in [9.17, 15) is 14.7 Å². The summed E-state index contributed by atoms with van der Waals surface area (Å²) >= 11 is 0. The summed E-state index contributed by atoms with van der Waals surface area (Å²) < 4.78 is 6.03. The molecule has 3 fully saturated rings. The van der Waals surface area contributed by atoms with Crippen molar-refractivity contribution < 1.29 is 24.5 Å². The predicted octanol–water partition coefficient (Wildman–Crippen LogP) is 3.81. The summed E-state index contributed by atoms with van der Waals surface area (Å²) in [5, 5.41) is 18.7. The van der Waals surface area contributed by atoms with Crippen LogP contribution in [0.5, 0.6) is 0 Å². The van der Waals surface area contributed by atoms with Crippen LogP contribution in [0, 0.1) is 34.5 Å². The van der Waals surface area contributed by atoms with Crippen LogP contribution in [0.25, 0.3) is 0 Å². The minimum atomic E-state index is -0.873. The van der Waals surface area contributed by atoms with Crippen LogP contribution in [-0.2, 0) is 14.3 Å². The van der Waals surface area contributed by atoms with Gasteiger partial charge >= 0.3 is 5.97 Å². The summed E-state index contributed by atoms with van der Waals surface area (Å²) in [6, 6.07) is 0. The Kier molecular flexibility index (Phi) is 5.91. The molecule has 4 aliphatic rings. The molecule has 2 unspecified atom stereocenters. The molecule has 5 heteroatoms. The molecule has 0 aliphatic heterocycles. The van der Waals surface area contributed by atoms with Crippen molar-refractivity contribution in [3.63, 3.8) is 0 Å². The Balaban J connectivity index is 1.47. The Labute approximate surface area is 180 Å². The maximum Gasteiger partial charge on any atom is 0.309 e. The van der Waals surface area contributed by atoms with E-state index in [0.29, 0.717) is 30.0 Å². The van der Waals surface area contributed by atoms with Gasteiger partial charge in [0, 0.05) is 11.8 Å². The maximum absolute atomic E-state index is 12.7. The molecule has 8 atom stereocenters. The van der Waals surface area contributed by atoms with Crippen LogP contribution in [0.1, 0.15) is 78.6 Å². The Hall–Kier alpha value is -1.20. The number of esters is 1. The van der Waals surface area contributed by atoms with Gasteiger partial charge in [0.25, 0.3) is 0 Å². The smallest absolute Gasteiger partial charge is 0.309 e. The van der Waals surface area contributed by atoms with E-state index in [-0.39, 0.29) is 35.9 Å². The zero-order chi connectivity index (χ0) is 21.7. The maximum atomic E-state index is 12.7. The van der Waals surface area contributed by atoms with Crippen LogP contribution >= 0.6 is 0 Å². The molecule has 0 aromatic rings. The van der Waals surface area contributed by atoms with Crippen LogP contribution in [0.2, 0.25) is 0 Å². The summed E-state index contributed by atoms with van der Waals surface area (Å²) in [7, 11) is 0. The first-order valence-electron chi connectivity index (χ1n) is 11.9. The van der Waals surface area contributed by atoms with E-state index in [1.165, 1.54) is 5.57 Å². The zero-order valence-electron chi connectivity index (χ0n) is 18.7. The average molecular weight is 419 g/mol. The van der Waals surface area contributed by atoms with E-state index < -0.39 is 12.0 Å². The van der Waals surface area contributed by atoms with Crippen LogP contribution in [0.3, 0.4) is 0 Å². The van der Waals surface area contributed by atoms with Gasteiger partial charge in [-0.2, -0.15) is 0 Å². The Morgan fingerprint density at radius 2 is 1.93 bits per heavy atom. The van der Waals surface area contributed by atoms with Gasteiger partial charge in [-0.15, -0.1) is 0 Å². The van der Waals surface area contributed by atoms with Crippen LogP contribution in [-0.4, -0.2) is 40.8 Å². The second-order valence-corrected chi connectivity index (χ2v) is 11.0. The number of hydrogen-bond acceptors (Lipinski definition) is 5. The number of carbonyl (C=O) groups excluding carboxylic acids is 2. The standard InChI is InChI=1S/C25H38O5/c1-15(12-18(28)14-26)23(29)30-22-7-6-20-19-5-4-16-13-17(27)8-10-24(16,2)21(19)9-11-25(20,22)3/h13,15,18-22,26,28H,4-12,14H2,1-3H3/t15?,18?,19-,20-,21-,22-,24-,25-/m0/s1. The highest BCUT2D eigenvalue weighted by Crippen LogP contribution is 2.65. The van der Waals surface area contributed by atoms with Crippen molar-refractivity contribution in [3.8, 4) is 0 Å². The SMILES string of the molecule is CC(CC(O)CO)C(=O)O[C@H]1CC[C@H]2[C@@H]3CCC4=CC(=O)CC[C@]4(C)[C@H]3CC[C@]12C. The van der Waals surface area contributed by atoms with E-state index in [2.05, 4.69) is 13.8 Å². The van der Waals surface area contributed by atoms with Crippen LogP contribution in [0.15, 0.2) is 11.6 Å². The monoisotopic (exact) mass is 418 g/mol. The van der Waals surface area contributed by atoms with Gasteiger partial charge in [0.2, 0.25) is 0 Å². The topological polar surface area (TPSA) is 83.8 Å². The fourth-order valence-corrected chi connectivity index (χ4v) is 7.54. The Bertz CT molecular complexity index is 729. The lowest BCUT2D eigenvalue weighted by Gasteiger charge is -2.57. The number of aliphatic hydroxyl groups is 2. The number of hydrogen-bond donors (Lipinski definition) is 2. The summed E-state index contributed by atoms with van der Waals surface area (Å²) in [5.74, 6) is 1.50. The quantitative estimate of drug-likeness (QED) is 0.663. The van der Waals surface area contributed by atoms with Crippen molar-refractivity contribution in [2.75, 3.05) is 6.61 Å². The first kappa shape index (κ1) is 22.0. The van der Waals surface area contributed by atoms with Crippen LogP contribution in [0.4, 0.5) is 0 Å². The van der Waals surface area contributed by atoms with Crippen molar-refractivity contribution in [1.82, 2.24) is 0 Å². The number of fused-ring (bicyclic) bond motifs is 5. The third-order valence-electron chi connectivity index (χ3n) is 9.37. The van der Waals surface area contributed by atoms with Crippen molar-refractivity contribution in [2.45, 2.75) is 90.8 Å². The van der Waals surface area contributed by atoms with Gasteiger partial charge in [0.1, 0.15) is 6.10 Å². The van der Waals surface area contributed by atoms with Crippen molar-refractivity contribution >= 4 is 11.8 Å². The van der Waals surface area contributed by atoms with Gasteiger partial charge in [-0.05, 0) is 80.6 Å². The molecule has 3 saturated carbocycles. The number of ketones is 1. The van der Waals surface area contributed by atoms with E-state index in [1.54, 1.807) is 6.92 Å². The molecule has 5 nitrogen and oxygen atoms in total. The molecular weight excluding hydrogens is 380 g/mol.